The molecule has 1 aromatic heterocycles. The molecule has 0 unspecified atom stereocenters. The van der Waals surface area contributed by atoms with Crippen LogP contribution in [0, 0.1) is 0 Å². The standard InChI is InChI=1S/C20H34N4O4S/c1-3-24(4-2)29(27,28)18-10-11-20(26)23(16-18)17-19(25)21-12-9-15-22-13-7-5-6-8-14-22/h10-11,16H,3-9,12-15,17H2,1-2H3,(H,21,25). The number of sulfonamides is 1. The van der Waals surface area contributed by atoms with Crippen LogP contribution in [0.4, 0.5) is 0 Å². The van der Waals surface area contributed by atoms with E-state index >= 15 is 0 Å². The second-order valence-corrected chi connectivity index (χ2v) is 9.32. The molecular weight excluding hydrogens is 392 g/mol. The summed E-state index contributed by atoms with van der Waals surface area (Å²) >= 11 is 0. The molecule has 0 spiro atoms. The maximum Gasteiger partial charge on any atom is 0.251 e. The van der Waals surface area contributed by atoms with E-state index in [1.165, 1.54) is 48.3 Å². The molecule has 2 rings (SSSR count). The number of nitrogens with zero attached hydrogens (tertiary/aromatic N) is 3. The van der Waals surface area contributed by atoms with Crippen molar-refractivity contribution in [1.82, 2.24) is 19.1 Å². The van der Waals surface area contributed by atoms with E-state index in [0.29, 0.717) is 19.6 Å². The van der Waals surface area contributed by atoms with E-state index in [9.17, 15) is 18.0 Å². The minimum Gasteiger partial charge on any atom is -0.355 e. The molecule has 1 saturated heterocycles. The summed E-state index contributed by atoms with van der Waals surface area (Å²) in [4.78, 5) is 26.8. The molecule has 0 bridgehead atoms. The highest BCUT2D eigenvalue weighted by atomic mass is 32.2. The number of carbonyl (C=O) groups is 1. The van der Waals surface area contributed by atoms with Crippen LogP contribution in [0.5, 0.6) is 0 Å². The average Bonchev–Trinajstić information content (AvgIpc) is 2.96. The number of rotatable bonds is 10. The molecule has 1 aliphatic rings. The second-order valence-electron chi connectivity index (χ2n) is 7.38. The fourth-order valence-corrected chi connectivity index (χ4v) is 5.08. The lowest BCUT2D eigenvalue weighted by molar-refractivity contribution is -0.121. The van der Waals surface area contributed by atoms with Gasteiger partial charge in [0, 0.05) is 31.9 Å². The number of pyridine rings is 1. The largest absolute Gasteiger partial charge is 0.355 e. The van der Waals surface area contributed by atoms with Gasteiger partial charge in [-0.25, -0.2) is 8.42 Å². The first kappa shape index (κ1) is 23.6. The summed E-state index contributed by atoms with van der Waals surface area (Å²) in [5.41, 5.74) is -0.400. The van der Waals surface area contributed by atoms with Crippen LogP contribution in [0.3, 0.4) is 0 Å². The van der Waals surface area contributed by atoms with Crippen molar-refractivity contribution in [3.05, 3.63) is 28.7 Å². The van der Waals surface area contributed by atoms with Gasteiger partial charge in [-0.1, -0.05) is 26.7 Å². The Labute approximate surface area is 173 Å². The molecule has 2 heterocycles. The molecule has 1 N–H and O–H groups in total. The molecule has 0 aliphatic carbocycles. The Morgan fingerprint density at radius 2 is 1.76 bits per heavy atom. The van der Waals surface area contributed by atoms with Gasteiger partial charge >= 0.3 is 0 Å². The molecular formula is C20H34N4O4S. The first-order valence-corrected chi connectivity index (χ1v) is 12.0. The number of aromatic nitrogens is 1. The Bertz CT molecular complexity index is 810. The maximum atomic E-state index is 12.6. The third-order valence-electron chi connectivity index (χ3n) is 5.29. The molecule has 164 valence electrons. The van der Waals surface area contributed by atoms with E-state index in [4.69, 9.17) is 0 Å². The van der Waals surface area contributed by atoms with Crippen molar-refractivity contribution in [1.29, 1.82) is 0 Å². The van der Waals surface area contributed by atoms with Gasteiger partial charge in [0.1, 0.15) is 6.54 Å². The highest BCUT2D eigenvalue weighted by Crippen LogP contribution is 2.13. The van der Waals surface area contributed by atoms with Crippen molar-refractivity contribution in [2.45, 2.75) is 57.4 Å². The zero-order chi connectivity index (χ0) is 21.3. The van der Waals surface area contributed by atoms with E-state index in [1.807, 2.05) is 0 Å². The van der Waals surface area contributed by atoms with Gasteiger partial charge in [-0.05, 0) is 45.0 Å². The molecule has 29 heavy (non-hydrogen) atoms. The van der Waals surface area contributed by atoms with Gasteiger partial charge in [0.2, 0.25) is 15.9 Å². The number of likely N-dealkylation sites (tertiary alicyclic amines) is 1. The molecule has 1 amide bonds. The summed E-state index contributed by atoms with van der Waals surface area (Å²) in [6, 6.07) is 2.49. The zero-order valence-corrected chi connectivity index (χ0v) is 18.4. The van der Waals surface area contributed by atoms with Crippen LogP contribution in [0.25, 0.3) is 0 Å². The van der Waals surface area contributed by atoms with Crippen molar-refractivity contribution in [3.8, 4) is 0 Å². The highest BCUT2D eigenvalue weighted by molar-refractivity contribution is 7.89. The summed E-state index contributed by atoms with van der Waals surface area (Å²) in [6.07, 6.45) is 7.18. The van der Waals surface area contributed by atoms with Crippen LogP contribution >= 0.6 is 0 Å². The smallest absolute Gasteiger partial charge is 0.251 e. The van der Waals surface area contributed by atoms with Crippen LogP contribution in [-0.2, 0) is 21.4 Å². The van der Waals surface area contributed by atoms with Crippen LogP contribution in [0.15, 0.2) is 28.0 Å². The van der Waals surface area contributed by atoms with E-state index in [1.54, 1.807) is 13.8 Å². The topological polar surface area (TPSA) is 91.7 Å². The molecule has 0 aromatic carbocycles. The first-order chi connectivity index (χ1) is 13.9. The van der Waals surface area contributed by atoms with Gasteiger partial charge in [-0.2, -0.15) is 4.31 Å². The quantitative estimate of drug-likeness (QED) is 0.569. The Balaban J connectivity index is 1.90. The average molecular weight is 427 g/mol. The summed E-state index contributed by atoms with van der Waals surface area (Å²) in [7, 11) is -3.68. The van der Waals surface area contributed by atoms with Crippen molar-refractivity contribution in [2.75, 3.05) is 39.3 Å². The summed E-state index contributed by atoms with van der Waals surface area (Å²) < 4.78 is 27.7. The van der Waals surface area contributed by atoms with E-state index in [2.05, 4.69) is 10.2 Å². The lowest BCUT2D eigenvalue weighted by Gasteiger charge is -2.20. The van der Waals surface area contributed by atoms with Gasteiger partial charge in [0.15, 0.2) is 0 Å². The fourth-order valence-electron chi connectivity index (χ4n) is 3.60. The summed E-state index contributed by atoms with van der Waals surface area (Å²) in [5.74, 6) is -0.291. The van der Waals surface area contributed by atoms with E-state index in [-0.39, 0.29) is 17.3 Å². The third-order valence-corrected chi connectivity index (χ3v) is 7.32. The van der Waals surface area contributed by atoms with Crippen molar-refractivity contribution in [2.24, 2.45) is 0 Å². The van der Waals surface area contributed by atoms with E-state index < -0.39 is 15.6 Å². The Kier molecular flexibility index (Phi) is 9.32. The Morgan fingerprint density at radius 3 is 2.38 bits per heavy atom. The van der Waals surface area contributed by atoms with Crippen molar-refractivity contribution in [3.63, 3.8) is 0 Å². The number of nitrogens with one attached hydrogen (secondary N) is 1. The highest BCUT2D eigenvalue weighted by Gasteiger charge is 2.22. The van der Waals surface area contributed by atoms with Crippen LogP contribution < -0.4 is 10.9 Å². The van der Waals surface area contributed by atoms with Gasteiger partial charge in [0.05, 0.1) is 4.90 Å². The number of carbonyl (C=O) groups excluding carboxylic acids is 1. The van der Waals surface area contributed by atoms with Gasteiger partial charge in [0.25, 0.3) is 5.56 Å². The minimum atomic E-state index is -3.68. The lowest BCUT2D eigenvalue weighted by Crippen LogP contribution is -2.35. The van der Waals surface area contributed by atoms with Gasteiger partial charge in [-0.3, -0.25) is 9.59 Å². The molecule has 0 radical (unpaired) electrons. The molecule has 0 atom stereocenters. The molecule has 1 aliphatic heterocycles. The number of hydrogen-bond acceptors (Lipinski definition) is 5. The SMILES string of the molecule is CCN(CC)S(=O)(=O)c1ccc(=O)n(CC(=O)NCCCN2CCCCCC2)c1. The summed E-state index contributed by atoms with van der Waals surface area (Å²) in [6.45, 7) is 7.76. The van der Waals surface area contributed by atoms with E-state index in [0.717, 1.165) is 30.6 Å². The summed E-state index contributed by atoms with van der Waals surface area (Å²) in [5, 5.41) is 2.83. The number of amides is 1. The Morgan fingerprint density at radius 1 is 1.10 bits per heavy atom. The lowest BCUT2D eigenvalue weighted by atomic mass is 10.2. The minimum absolute atomic E-state index is 0.0229. The maximum absolute atomic E-state index is 12.6. The molecule has 1 fully saturated rings. The predicted octanol–water partition coefficient (Wildman–Crippen LogP) is 1.26. The zero-order valence-electron chi connectivity index (χ0n) is 17.6. The molecule has 9 heteroatoms. The van der Waals surface area contributed by atoms with Crippen molar-refractivity contribution >= 4 is 15.9 Å². The molecule has 8 nitrogen and oxygen atoms in total. The monoisotopic (exact) mass is 426 g/mol. The third kappa shape index (κ3) is 6.94. The van der Waals surface area contributed by atoms with Crippen LogP contribution in [-0.4, -0.2) is 67.4 Å². The number of hydrogen-bond donors (Lipinski definition) is 1. The fraction of sp³-hybridized carbons (Fsp3) is 0.700. The normalized spacial score (nSPS) is 16.0. The molecule has 1 aromatic rings. The first-order valence-electron chi connectivity index (χ1n) is 10.6. The van der Waals surface area contributed by atoms with Crippen LogP contribution in [0.2, 0.25) is 0 Å². The van der Waals surface area contributed by atoms with Crippen molar-refractivity contribution < 1.29 is 13.2 Å². The second kappa shape index (κ2) is 11.5. The Hall–Kier alpha value is -1.71. The van der Waals surface area contributed by atoms with Gasteiger partial charge < -0.3 is 14.8 Å². The molecule has 0 saturated carbocycles. The predicted molar refractivity (Wildman–Crippen MR) is 113 cm³/mol. The van der Waals surface area contributed by atoms with Crippen LogP contribution in [0.1, 0.15) is 46.0 Å². The van der Waals surface area contributed by atoms with Gasteiger partial charge in [-0.15, -0.1) is 0 Å².